The fraction of sp³-hybridized carbons (Fsp3) is 0.250. The Morgan fingerprint density at radius 2 is 1.88 bits per heavy atom. The van der Waals surface area contributed by atoms with Crippen molar-refractivity contribution in [2.75, 3.05) is 4.90 Å². The molecule has 1 fully saturated rings. The first kappa shape index (κ1) is 11.2. The lowest BCUT2D eigenvalue weighted by Crippen LogP contribution is -2.29. The number of rotatable bonds is 2. The van der Waals surface area contributed by atoms with Crippen LogP contribution in [0.5, 0.6) is 0 Å². The van der Waals surface area contributed by atoms with Gasteiger partial charge >= 0.3 is 0 Å². The number of anilines is 1. The van der Waals surface area contributed by atoms with Gasteiger partial charge in [-0.25, -0.2) is 4.79 Å². The Labute approximate surface area is 97.8 Å². The Morgan fingerprint density at radius 3 is 2.47 bits per heavy atom. The van der Waals surface area contributed by atoms with E-state index in [0.717, 1.165) is 10.5 Å². The highest BCUT2D eigenvalue weighted by Gasteiger charge is 2.31. The lowest BCUT2D eigenvalue weighted by Gasteiger charge is -2.16. The van der Waals surface area contributed by atoms with Gasteiger partial charge in [-0.3, -0.25) is 14.5 Å². The highest BCUT2D eigenvalue weighted by molar-refractivity contribution is 6.20. The second-order valence-electron chi connectivity index (χ2n) is 3.80. The minimum absolute atomic E-state index is 0.217. The quantitative estimate of drug-likeness (QED) is 0.440. The summed E-state index contributed by atoms with van der Waals surface area (Å²) in [4.78, 5) is 38.0. The first-order chi connectivity index (χ1) is 8.13. The summed E-state index contributed by atoms with van der Waals surface area (Å²) in [5.74, 6) is -0.435. The molecule has 1 aliphatic heterocycles. The molecule has 0 unspecified atom stereocenters. The lowest BCUT2D eigenvalue weighted by atomic mass is 10.1. The summed E-state index contributed by atoms with van der Waals surface area (Å²) in [5, 5.41) is 0. The summed E-state index contributed by atoms with van der Waals surface area (Å²) in [7, 11) is 0. The number of imide groups is 1. The van der Waals surface area contributed by atoms with E-state index in [1.54, 1.807) is 25.1 Å². The van der Waals surface area contributed by atoms with Gasteiger partial charge < -0.3 is 0 Å². The normalized spacial score (nSPS) is 15.0. The van der Waals surface area contributed by atoms with E-state index in [4.69, 9.17) is 0 Å². The number of carbonyl (C=O) groups excluding carboxylic acids is 3. The zero-order valence-corrected chi connectivity index (χ0v) is 9.27. The molecule has 0 N–H and O–H groups in total. The molecule has 0 bridgehead atoms. The highest BCUT2D eigenvalue weighted by Crippen LogP contribution is 2.29. The number of hydrogen-bond acceptors (Lipinski definition) is 4. The Bertz CT molecular complexity index is 529. The third-order valence-electron chi connectivity index (χ3n) is 2.66. The van der Waals surface area contributed by atoms with Crippen molar-refractivity contribution < 1.29 is 14.4 Å². The average molecular weight is 230 g/mol. The molecule has 5 nitrogen and oxygen atoms in total. The van der Waals surface area contributed by atoms with Crippen LogP contribution in [0.2, 0.25) is 0 Å². The summed E-state index contributed by atoms with van der Waals surface area (Å²) in [5.41, 5.74) is 1.67. The molecule has 0 aromatic heterocycles. The highest BCUT2D eigenvalue weighted by atomic mass is 16.2. The standard InChI is InChI=1S/C12H10N2O3/c1-8-2-3-9(13-7-15)6-10(8)14-11(16)4-5-12(14)17/h2-3,6H,4-5H2,1H3. The number of benzene rings is 1. The predicted octanol–water partition coefficient (Wildman–Crippen LogP) is 1.62. The Balaban J connectivity index is 2.50. The molecule has 2 rings (SSSR count). The number of hydrogen-bond donors (Lipinski definition) is 0. The van der Waals surface area contributed by atoms with Gasteiger partial charge in [0.15, 0.2) is 0 Å². The predicted molar refractivity (Wildman–Crippen MR) is 60.7 cm³/mol. The SMILES string of the molecule is Cc1ccc(N=C=O)cc1N1C(=O)CCC1=O. The zero-order valence-electron chi connectivity index (χ0n) is 9.27. The number of isocyanates is 1. The largest absolute Gasteiger partial charge is 0.274 e. The molecule has 0 saturated carbocycles. The van der Waals surface area contributed by atoms with Crippen molar-refractivity contribution in [3.8, 4) is 0 Å². The van der Waals surface area contributed by atoms with Crippen LogP contribution < -0.4 is 4.90 Å². The summed E-state index contributed by atoms with van der Waals surface area (Å²) < 4.78 is 0. The van der Waals surface area contributed by atoms with Crippen LogP contribution in [0, 0.1) is 6.92 Å². The maximum Gasteiger partial charge on any atom is 0.240 e. The van der Waals surface area contributed by atoms with Crippen molar-refractivity contribution in [1.29, 1.82) is 0 Å². The number of nitrogens with zero attached hydrogens (tertiary/aromatic N) is 2. The van der Waals surface area contributed by atoms with Gasteiger partial charge in [0.25, 0.3) is 0 Å². The fourth-order valence-corrected chi connectivity index (χ4v) is 1.81. The fourth-order valence-electron chi connectivity index (χ4n) is 1.81. The monoisotopic (exact) mass is 230 g/mol. The van der Waals surface area contributed by atoms with Crippen molar-refractivity contribution in [1.82, 2.24) is 0 Å². The van der Waals surface area contributed by atoms with Crippen LogP contribution in [-0.4, -0.2) is 17.9 Å². The van der Waals surface area contributed by atoms with E-state index in [1.165, 1.54) is 6.08 Å². The van der Waals surface area contributed by atoms with Crippen LogP contribution in [0.4, 0.5) is 11.4 Å². The molecular weight excluding hydrogens is 220 g/mol. The molecule has 0 aliphatic carbocycles. The Kier molecular flexibility index (Phi) is 2.85. The summed E-state index contributed by atoms with van der Waals surface area (Å²) in [6.45, 7) is 1.79. The molecule has 5 heteroatoms. The smallest absolute Gasteiger partial charge is 0.240 e. The van der Waals surface area contributed by atoms with Gasteiger partial charge in [-0.05, 0) is 24.6 Å². The molecule has 17 heavy (non-hydrogen) atoms. The van der Waals surface area contributed by atoms with Crippen molar-refractivity contribution in [3.63, 3.8) is 0 Å². The first-order valence-electron chi connectivity index (χ1n) is 5.18. The molecule has 0 spiro atoms. The minimum Gasteiger partial charge on any atom is -0.274 e. The molecule has 1 saturated heterocycles. The summed E-state index contributed by atoms with van der Waals surface area (Å²) in [6, 6.07) is 4.89. The molecule has 2 amide bonds. The van der Waals surface area contributed by atoms with Crippen LogP contribution in [0.3, 0.4) is 0 Å². The van der Waals surface area contributed by atoms with E-state index in [2.05, 4.69) is 4.99 Å². The molecule has 1 aromatic carbocycles. The molecular formula is C12H10N2O3. The molecule has 0 atom stereocenters. The summed E-state index contributed by atoms with van der Waals surface area (Å²) >= 11 is 0. The molecule has 1 aromatic rings. The van der Waals surface area contributed by atoms with Crippen LogP contribution >= 0.6 is 0 Å². The minimum atomic E-state index is -0.217. The molecule has 1 aliphatic rings. The maximum absolute atomic E-state index is 11.6. The lowest BCUT2D eigenvalue weighted by molar-refractivity contribution is -0.121. The van der Waals surface area contributed by atoms with E-state index in [0.29, 0.717) is 11.4 Å². The van der Waals surface area contributed by atoms with Crippen molar-refractivity contribution in [2.45, 2.75) is 19.8 Å². The van der Waals surface area contributed by atoms with Gasteiger partial charge in [-0.15, -0.1) is 0 Å². The second-order valence-corrected chi connectivity index (χ2v) is 3.80. The average Bonchev–Trinajstić information content (AvgIpc) is 2.62. The molecule has 1 heterocycles. The van der Waals surface area contributed by atoms with Crippen LogP contribution in [0.1, 0.15) is 18.4 Å². The number of amides is 2. The van der Waals surface area contributed by atoms with Crippen molar-refractivity contribution in [2.24, 2.45) is 4.99 Å². The molecule has 0 radical (unpaired) electrons. The van der Waals surface area contributed by atoms with Gasteiger partial charge in [0, 0.05) is 12.8 Å². The van der Waals surface area contributed by atoms with E-state index < -0.39 is 0 Å². The number of aliphatic imine (C=N–C) groups is 1. The van der Waals surface area contributed by atoms with Crippen LogP contribution in [0.15, 0.2) is 23.2 Å². The Hall–Kier alpha value is -2.26. The van der Waals surface area contributed by atoms with Gasteiger partial charge in [0.1, 0.15) is 0 Å². The topological polar surface area (TPSA) is 66.8 Å². The Morgan fingerprint density at radius 1 is 1.24 bits per heavy atom. The van der Waals surface area contributed by atoms with E-state index in [1.807, 2.05) is 0 Å². The van der Waals surface area contributed by atoms with Gasteiger partial charge in [0.05, 0.1) is 11.4 Å². The first-order valence-corrected chi connectivity index (χ1v) is 5.18. The van der Waals surface area contributed by atoms with Gasteiger partial charge in [-0.1, -0.05) is 6.07 Å². The van der Waals surface area contributed by atoms with Gasteiger partial charge in [0.2, 0.25) is 17.9 Å². The van der Waals surface area contributed by atoms with E-state index in [9.17, 15) is 14.4 Å². The van der Waals surface area contributed by atoms with Crippen LogP contribution in [-0.2, 0) is 14.4 Å². The van der Waals surface area contributed by atoms with Gasteiger partial charge in [-0.2, -0.15) is 4.99 Å². The zero-order chi connectivity index (χ0) is 12.4. The summed E-state index contributed by atoms with van der Waals surface area (Å²) in [6.07, 6.45) is 1.90. The van der Waals surface area contributed by atoms with Crippen molar-refractivity contribution in [3.05, 3.63) is 23.8 Å². The number of aryl methyl sites for hydroxylation is 1. The third-order valence-corrected chi connectivity index (χ3v) is 2.66. The van der Waals surface area contributed by atoms with E-state index in [-0.39, 0.29) is 24.7 Å². The van der Waals surface area contributed by atoms with Crippen LogP contribution in [0.25, 0.3) is 0 Å². The van der Waals surface area contributed by atoms with Crippen molar-refractivity contribution >= 4 is 29.3 Å². The third kappa shape index (κ3) is 2.00. The van der Waals surface area contributed by atoms with E-state index >= 15 is 0 Å². The second kappa shape index (κ2) is 4.31. The maximum atomic E-state index is 11.6. The molecule has 86 valence electrons. The number of carbonyl (C=O) groups is 2.